The van der Waals surface area contributed by atoms with Crippen LogP contribution in [0.4, 0.5) is 0 Å². The maximum atomic E-state index is 14.5. The number of ether oxygens (including phenoxy) is 2. The quantitative estimate of drug-likeness (QED) is 0.224. The van der Waals surface area contributed by atoms with Crippen LogP contribution < -0.4 is 5.32 Å². The van der Waals surface area contributed by atoms with Gasteiger partial charge in [0.2, 0.25) is 17.7 Å². The maximum Gasteiger partial charge on any atom is 0.313 e. The van der Waals surface area contributed by atoms with Crippen LogP contribution in [0, 0.1) is 11.8 Å². The minimum Gasteiger partial charge on any atom is -0.455 e. The molecule has 10 heteroatoms. The molecule has 8 atom stereocenters. The fourth-order valence-corrected chi connectivity index (χ4v) is 7.51. The summed E-state index contributed by atoms with van der Waals surface area (Å²) in [5, 5.41) is 13.2. The van der Waals surface area contributed by atoms with Crippen molar-refractivity contribution in [2.75, 3.05) is 13.2 Å². The Morgan fingerprint density at radius 2 is 1.79 bits per heavy atom. The first kappa shape index (κ1) is 34.1. The molecule has 3 fully saturated rings. The first-order valence-corrected chi connectivity index (χ1v) is 16.4. The Morgan fingerprint density at radius 1 is 1.11 bits per heavy atom. The van der Waals surface area contributed by atoms with Crippen LogP contribution in [0.3, 0.4) is 0 Å². The van der Waals surface area contributed by atoms with Gasteiger partial charge in [-0.3, -0.25) is 19.2 Å². The van der Waals surface area contributed by atoms with E-state index in [1.807, 2.05) is 60.7 Å². The van der Waals surface area contributed by atoms with Crippen molar-refractivity contribution in [2.24, 2.45) is 11.8 Å². The standard InChI is InChI=1S/C37H45N3O7/c1-5-7-18-29(42)38-25(4)32(27-16-12-9-13-17-27)46-36(45)30-28-19-20-37(47-28)31(30)34(43)40(24(3)23-41)33(37)35(44)39(21-6-2)22-26-14-10-8-11-15-26/h5-6,8-17,24-25,28,30-33,41H,1-2,7,18-23H2,3-4H3,(H,38,42)/t24-,25+,28+,30-,31-,32+,33+,37-/m1/s1. The second-order valence-electron chi connectivity index (χ2n) is 12.8. The fraction of sp³-hybridized carbons (Fsp3) is 0.459. The van der Waals surface area contributed by atoms with Gasteiger partial charge in [0.1, 0.15) is 17.7 Å². The molecular formula is C37H45N3O7. The van der Waals surface area contributed by atoms with Crippen LogP contribution in [0.15, 0.2) is 86.0 Å². The lowest BCUT2D eigenvalue weighted by Crippen LogP contribution is -2.58. The molecule has 0 aliphatic carbocycles. The molecule has 0 aromatic heterocycles. The number of rotatable bonds is 15. The predicted octanol–water partition coefficient (Wildman–Crippen LogP) is 3.71. The number of fused-ring (bicyclic) bond motifs is 1. The third kappa shape index (κ3) is 6.62. The van der Waals surface area contributed by atoms with E-state index in [-0.39, 0.29) is 31.4 Å². The van der Waals surface area contributed by atoms with Crippen LogP contribution in [-0.2, 0) is 35.2 Å². The van der Waals surface area contributed by atoms with Gasteiger partial charge in [0.15, 0.2) is 0 Å². The molecule has 1 spiro atoms. The summed E-state index contributed by atoms with van der Waals surface area (Å²) in [6.07, 6.45) is 3.51. The predicted molar refractivity (Wildman–Crippen MR) is 175 cm³/mol. The van der Waals surface area contributed by atoms with Gasteiger partial charge in [-0.1, -0.05) is 72.8 Å². The highest BCUT2D eigenvalue weighted by Gasteiger charge is 2.75. The number of allylic oxidation sites excluding steroid dienone is 1. The minimum absolute atomic E-state index is 0.197. The second-order valence-corrected chi connectivity index (χ2v) is 12.8. The number of esters is 1. The number of benzene rings is 2. The van der Waals surface area contributed by atoms with Crippen molar-refractivity contribution in [3.05, 3.63) is 97.1 Å². The molecular weight excluding hydrogens is 598 g/mol. The number of nitrogens with zero attached hydrogens (tertiary/aromatic N) is 2. The third-order valence-corrected chi connectivity index (χ3v) is 9.65. The molecule has 2 aromatic rings. The van der Waals surface area contributed by atoms with Crippen molar-refractivity contribution < 1.29 is 33.8 Å². The summed E-state index contributed by atoms with van der Waals surface area (Å²) in [4.78, 5) is 58.7. The van der Waals surface area contributed by atoms with Crippen molar-refractivity contribution in [1.82, 2.24) is 15.1 Å². The Bertz CT molecular complexity index is 1470. The lowest BCUT2D eigenvalue weighted by molar-refractivity contribution is -0.162. The third-order valence-electron chi connectivity index (χ3n) is 9.65. The lowest BCUT2D eigenvalue weighted by Gasteiger charge is -2.38. The van der Waals surface area contributed by atoms with Crippen LogP contribution in [-0.4, -0.2) is 81.6 Å². The molecule has 5 rings (SSSR count). The zero-order valence-electron chi connectivity index (χ0n) is 27.1. The van der Waals surface area contributed by atoms with Crippen molar-refractivity contribution in [2.45, 2.75) is 82.0 Å². The Kier molecular flexibility index (Phi) is 10.6. The van der Waals surface area contributed by atoms with Crippen molar-refractivity contribution >= 4 is 23.7 Å². The van der Waals surface area contributed by atoms with Gasteiger partial charge in [0.25, 0.3) is 0 Å². The highest BCUT2D eigenvalue weighted by atomic mass is 16.6. The largest absolute Gasteiger partial charge is 0.455 e. The van der Waals surface area contributed by atoms with Crippen molar-refractivity contribution in [1.29, 1.82) is 0 Å². The van der Waals surface area contributed by atoms with E-state index >= 15 is 0 Å². The fourth-order valence-electron chi connectivity index (χ4n) is 7.51. The molecule has 47 heavy (non-hydrogen) atoms. The van der Waals surface area contributed by atoms with Gasteiger partial charge in [-0.2, -0.15) is 0 Å². The monoisotopic (exact) mass is 643 g/mol. The van der Waals surface area contributed by atoms with Crippen LogP contribution in [0.5, 0.6) is 0 Å². The van der Waals surface area contributed by atoms with E-state index in [2.05, 4.69) is 18.5 Å². The van der Waals surface area contributed by atoms with Crippen LogP contribution >= 0.6 is 0 Å². The summed E-state index contributed by atoms with van der Waals surface area (Å²) >= 11 is 0. The van der Waals surface area contributed by atoms with Gasteiger partial charge < -0.3 is 29.7 Å². The number of carbonyl (C=O) groups excluding carboxylic acids is 4. The first-order chi connectivity index (χ1) is 22.7. The smallest absolute Gasteiger partial charge is 0.313 e. The molecule has 3 heterocycles. The van der Waals surface area contributed by atoms with E-state index in [4.69, 9.17) is 9.47 Å². The Balaban J connectivity index is 1.45. The van der Waals surface area contributed by atoms with Crippen LogP contribution in [0.1, 0.15) is 56.8 Å². The summed E-state index contributed by atoms with van der Waals surface area (Å²) in [5.74, 6) is -3.47. The van der Waals surface area contributed by atoms with E-state index < -0.39 is 59.6 Å². The summed E-state index contributed by atoms with van der Waals surface area (Å²) in [7, 11) is 0. The maximum absolute atomic E-state index is 14.5. The highest BCUT2D eigenvalue weighted by molar-refractivity contribution is 5.98. The number of amides is 3. The number of aliphatic hydroxyl groups excluding tert-OH is 1. The summed E-state index contributed by atoms with van der Waals surface area (Å²) < 4.78 is 12.8. The number of aliphatic hydroxyl groups is 1. The SMILES string of the molecule is C=CCCC(=O)N[C@@H](C)[C@H](OC(=O)[C@@H]1[C@@H]2CC[C@]3(O2)[C@H](C(=O)N(CC=C)Cc2ccccc2)N([C@H](C)CO)C(=O)[C@@H]13)c1ccccc1. The molecule has 3 amide bonds. The zero-order chi connectivity index (χ0) is 33.7. The molecule has 0 saturated carbocycles. The van der Waals surface area contributed by atoms with E-state index in [0.717, 1.165) is 5.56 Å². The lowest BCUT2D eigenvalue weighted by atomic mass is 9.70. The van der Waals surface area contributed by atoms with Gasteiger partial charge >= 0.3 is 5.97 Å². The Hall–Kier alpha value is -4.28. The van der Waals surface area contributed by atoms with Gasteiger partial charge in [0.05, 0.1) is 36.6 Å². The molecule has 3 aliphatic rings. The molecule has 250 valence electrons. The zero-order valence-corrected chi connectivity index (χ0v) is 27.1. The van der Waals surface area contributed by atoms with E-state index in [9.17, 15) is 24.3 Å². The number of nitrogens with one attached hydrogen (secondary N) is 1. The topological polar surface area (TPSA) is 125 Å². The summed E-state index contributed by atoms with van der Waals surface area (Å²) in [6, 6.07) is 16.4. The Morgan fingerprint density at radius 3 is 2.43 bits per heavy atom. The number of hydrogen-bond donors (Lipinski definition) is 2. The van der Waals surface area contributed by atoms with E-state index in [0.29, 0.717) is 31.4 Å². The van der Waals surface area contributed by atoms with Gasteiger partial charge in [-0.15, -0.1) is 13.2 Å². The number of likely N-dealkylation sites (tertiary alicyclic amines) is 1. The number of carbonyl (C=O) groups is 4. The average molecular weight is 644 g/mol. The highest BCUT2D eigenvalue weighted by Crippen LogP contribution is 2.59. The number of hydrogen-bond acceptors (Lipinski definition) is 7. The molecule has 0 radical (unpaired) electrons. The average Bonchev–Trinajstić information content (AvgIpc) is 3.73. The molecule has 2 N–H and O–H groups in total. The summed E-state index contributed by atoms with van der Waals surface area (Å²) in [6.45, 7) is 11.1. The summed E-state index contributed by atoms with van der Waals surface area (Å²) in [5.41, 5.74) is 0.353. The van der Waals surface area contributed by atoms with Gasteiger partial charge in [0, 0.05) is 19.5 Å². The second kappa shape index (κ2) is 14.6. The molecule has 3 aliphatic heterocycles. The van der Waals surface area contributed by atoms with Crippen LogP contribution in [0.2, 0.25) is 0 Å². The first-order valence-electron chi connectivity index (χ1n) is 16.4. The molecule has 3 saturated heterocycles. The molecule has 10 nitrogen and oxygen atoms in total. The molecule has 0 unspecified atom stereocenters. The van der Waals surface area contributed by atoms with Crippen molar-refractivity contribution in [3.63, 3.8) is 0 Å². The Labute approximate surface area is 276 Å². The van der Waals surface area contributed by atoms with Gasteiger partial charge in [-0.05, 0) is 44.2 Å². The normalized spacial score (nSPS) is 26.2. The van der Waals surface area contributed by atoms with E-state index in [1.54, 1.807) is 30.9 Å². The van der Waals surface area contributed by atoms with E-state index in [1.165, 1.54) is 4.90 Å². The van der Waals surface area contributed by atoms with Crippen LogP contribution in [0.25, 0.3) is 0 Å². The van der Waals surface area contributed by atoms with Crippen molar-refractivity contribution in [3.8, 4) is 0 Å². The molecule has 2 aromatic carbocycles. The minimum atomic E-state index is -1.26. The molecule has 2 bridgehead atoms. The van der Waals surface area contributed by atoms with Gasteiger partial charge in [-0.25, -0.2) is 0 Å².